The van der Waals surface area contributed by atoms with Crippen molar-refractivity contribution in [3.8, 4) is 23.3 Å². The summed E-state index contributed by atoms with van der Waals surface area (Å²) in [6.07, 6.45) is 1.55. The van der Waals surface area contributed by atoms with Crippen molar-refractivity contribution < 1.29 is 18.3 Å². The number of aromatic nitrogens is 3. The van der Waals surface area contributed by atoms with E-state index >= 15 is 0 Å². The lowest BCUT2D eigenvalue weighted by Crippen LogP contribution is -2.12. The zero-order valence-corrected chi connectivity index (χ0v) is 15.5. The molecular formula is C21H17FN4O3. The summed E-state index contributed by atoms with van der Waals surface area (Å²) in [4.78, 5) is 16.8. The minimum atomic E-state index is -0.472. The number of hydrogen-bond acceptors (Lipinski definition) is 5. The van der Waals surface area contributed by atoms with Crippen LogP contribution in [0.5, 0.6) is 6.01 Å². The number of rotatable bonds is 6. The summed E-state index contributed by atoms with van der Waals surface area (Å²) < 4.78 is 25.8. The molecule has 0 aliphatic heterocycles. The predicted molar refractivity (Wildman–Crippen MR) is 105 cm³/mol. The van der Waals surface area contributed by atoms with Gasteiger partial charge < -0.3 is 14.5 Å². The van der Waals surface area contributed by atoms with E-state index in [2.05, 4.69) is 15.4 Å². The van der Waals surface area contributed by atoms with Crippen molar-refractivity contribution in [3.05, 3.63) is 78.3 Å². The van der Waals surface area contributed by atoms with Gasteiger partial charge in [-0.2, -0.15) is 4.98 Å². The number of nitrogens with zero attached hydrogens (tertiary/aromatic N) is 3. The zero-order valence-electron chi connectivity index (χ0n) is 15.5. The monoisotopic (exact) mass is 392 g/mol. The molecule has 1 amide bonds. The second kappa shape index (κ2) is 7.97. The summed E-state index contributed by atoms with van der Waals surface area (Å²) in [6.45, 7) is 2.27. The topological polar surface area (TPSA) is 82.2 Å². The maximum absolute atomic E-state index is 13.4. The van der Waals surface area contributed by atoms with Crippen LogP contribution in [-0.4, -0.2) is 27.3 Å². The smallest absolute Gasteiger partial charge is 0.336 e. The van der Waals surface area contributed by atoms with Crippen LogP contribution in [0.25, 0.3) is 17.3 Å². The van der Waals surface area contributed by atoms with Crippen LogP contribution in [0.2, 0.25) is 0 Å². The first-order valence-corrected chi connectivity index (χ1v) is 8.95. The number of carbonyl (C=O) groups is 1. The van der Waals surface area contributed by atoms with Gasteiger partial charge in [-0.15, -0.1) is 5.10 Å². The highest BCUT2D eigenvalue weighted by Crippen LogP contribution is 2.25. The predicted octanol–water partition coefficient (Wildman–Crippen LogP) is 4.32. The Morgan fingerprint density at radius 1 is 1.17 bits per heavy atom. The highest BCUT2D eigenvalue weighted by Gasteiger charge is 2.17. The van der Waals surface area contributed by atoms with Crippen LogP contribution in [0, 0.1) is 5.82 Å². The standard InChI is InChI=1S/C21H17FN4O3/c1-2-28-21-24-19(18-10-5-11-29-18)26(25-21)17-9-4-8-16(13-17)23-20(27)14-6-3-7-15(22)12-14/h3-13H,2H2,1H3,(H,23,27). The Kier molecular flexibility index (Phi) is 5.07. The molecule has 0 spiro atoms. The maximum Gasteiger partial charge on any atom is 0.336 e. The van der Waals surface area contributed by atoms with E-state index in [1.165, 1.54) is 18.2 Å². The fourth-order valence-corrected chi connectivity index (χ4v) is 2.78. The number of benzene rings is 2. The Morgan fingerprint density at radius 3 is 2.79 bits per heavy atom. The summed E-state index contributed by atoms with van der Waals surface area (Å²) in [5.74, 6) is 0.103. The van der Waals surface area contributed by atoms with E-state index in [1.807, 2.05) is 13.0 Å². The van der Waals surface area contributed by atoms with E-state index < -0.39 is 11.7 Å². The molecule has 0 atom stereocenters. The number of hydrogen-bond donors (Lipinski definition) is 1. The van der Waals surface area contributed by atoms with Crippen LogP contribution in [-0.2, 0) is 0 Å². The molecule has 0 radical (unpaired) electrons. The molecule has 0 fully saturated rings. The lowest BCUT2D eigenvalue weighted by atomic mass is 10.2. The zero-order chi connectivity index (χ0) is 20.2. The van der Waals surface area contributed by atoms with E-state index in [4.69, 9.17) is 9.15 Å². The molecule has 4 aromatic rings. The fourth-order valence-electron chi connectivity index (χ4n) is 2.78. The average molecular weight is 392 g/mol. The highest BCUT2D eigenvalue weighted by atomic mass is 19.1. The minimum absolute atomic E-state index is 0.216. The van der Waals surface area contributed by atoms with Gasteiger partial charge in [0, 0.05) is 11.3 Å². The van der Waals surface area contributed by atoms with Crippen molar-refractivity contribution in [2.45, 2.75) is 6.92 Å². The van der Waals surface area contributed by atoms with Crippen molar-refractivity contribution in [3.63, 3.8) is 0 Å². The van der Waals surface area contributed by atoms with E-state index in [9.17, 15) is 9.18 Å². The Hall–Kier alpha value is -3.94. The normalized spacial score (nSPS) is 10.7. The molecule has 0 saturated carbocycles. The molecule has 0 aliphatic rings. The number of anilines is 1. The van der Waals surface area contributed by atoms with Gasteiger partial charge >= 0.3 is 6.01 Å². The van der Waals surface area contributed by atoms with Crippen molar-refractivity contribution in [1.29, 1.82) is 0 Å². The third-order valence-corrected chi connectivity index (χ3v) is 4.04. The number of furan rings is 1. The summed E-state index contributed by atoms with van der Waals surface area (Å²) in [5, 5.41) is 7.14. The maximum atomic E-state index is 13.4. The summed E-state index contributed by atoms with van der Waals surface area (Å²) in [7, 11) is 0. The quantitative estimate of drug-likeness (QED) is 0.529. The van der Waals surface area contributed by atoms with Gasteiger partial charge in [-0.05, 0) is 55.5 Å². The van der Waals surface area contributed by atoms with Gasteiger partial charge in [0.25, 0.3) is 5.91 Å². The Balaban J connectivity index is 1.66. The first-order chi connectivity index (χ1) is 14.1. The van der Waals surface area contributed by atoms with Crippen molar-refractivity contribution in [2.24, 2.45) is 0 Å². The molecule has 0 bridgehead atoms. The van der Waals surface area contributed by atoms with Gasteiger partial charge in [0.1, 0.15) is 5.82 Å². The molecule has 7 nitrogen and oxygen atoms in total. The molecule has 0 aliphatic carbocycles. The van der Waals surface area contributed by atoms with Crippen molar-refractivity contribution in [2.75, 3.05) is 11.9 Å². The van der Waals surface area contributed by atoms with Crippen LogP contribution < -0.4 is 10.1 Å². The molecule has 2 heterocycles. The van der Waals surface area contributed by atoms with Gasteiger partial charge in [0.15, 0.2) is 5.76 Å². The van der Waals surface area contributed by atoms with Crippen LogP contribution >= 0.6 is 0 Å². The van der Waals surface area contributed by atoms with E-state index in [0.29, 0.717) is 29.6 Å². The molecule has 4 rings (SSSR count). The summed E-state index contributed by atoms with van der Waals surface area (Å²) in [5.41, 5.74) is 1.40. The van der Waals surface area contributed by atoms with Crippen molar-refractivity contribution in [1.82, 2.24) is 14.8 Å². The van der Waals surface area contributed by atoms with Gasteiger partial charge in [-0.3, -0.25) is 4.79 Å². The van der Waals surface area contributed by atoms with Gasteiger partial charge in [0.2, 0.25) is 5.82 Å². The first kappa shape index (κ1) is 18.4. The molecule has 146 valence electrons. The van der Waals surface area contributed by atoms with E-state index in [1.54, 1.807) is 47.3 Å². The Labute approximate surface area is 165 Å². The summed E-state index contributed by atoms with van der Waals surface area (Å²) >= 11 is 0. The first-order valence-electron chi connectivity index (χ1n) is 8.95. The molecule has 0 saturated heterocycles. The minimum Gasteiger partial charge on any atom is -0.463 e. The van der Waals surface area contributed by atoms with Gasteiger partial charge in [-0.25, -0.2) is 9.07 Å². The number of nitrogens with one attached hydrogen (secondary N) is 1. The highest BCUT2D eigenvalue weighted by molar-refractivity contribution is 6.04. The third-order valence-electron chi connectivity index (χ3n) is 4.04. The number of halogens is 1. The van der Waals surface area contributed by atoms with Crippen LogP contribution in [0.4, 0.5) is 10.1 Å². The molecule has 29 heavy (non-hydrogen) atoms. The molecule has 0 unspecified atom stereocenters. The van der Waals surface area contributed by atoms with E-state index in [0.717, 1.165) is 0 Å². The third kappa shape index (κ3) is 4.01. The van der Waals surface area contributed by atoms with E-state index in [-0.39, 0.29) is 11.6 Å². The fraction of sp³-hybridized carbons (Fsp3) is 0.0952. The van der Waals surface area contributed by atoms with Crippen LogP contribution in [0.1, 0.15) is 17.3 Å². The Morgan fingerprint density at radius 2 is 2.03 bits per heavy atom. The number of ether oxygens (including phenoxy) is 1. The summed E-state index contributed by atoms with van der Waals surface area (Å²) in [6, 6.07) is 16.3. The van der Waals surface area contributed by atoms with Crippen LogP contribution in [0.3, 0.4) is 0 Å². The number of carbonyl (C=O) groups excluding carboxylic acids is 1. The number of amides is 1. The average Bonchev–Trinajstić information content (AvgIpc) is 3.38. The van der Waals surface area contributed by atoms with Crippen molar-refractivity contribution >= 4 is 11.6 Å². The largest absolute Gasteiger partial charge is 0.463 e. The lowest BCUT2D eigenvalue weighted by Gasteiger charge is -2.09. The van der Waals surface area contributed by atoms with Crippen LogP contribution in [0.15, 0.2) is 71.3 Å². The molecule has 2 aromatic heterocycles. The van der Waals surface area contributed by atoms with Gasteiger partial charge in [-0.1, -0.05) is 12.1 Å². The molecule has 1 N–H and O–H groups in total. The second-order valence-corrected chi connectivity index (χ2v) is 6.05. The molecule has 8 heteroatoms. The SMILES string of the molecule is CCOc1nc(-c2ccco2)n(-c2cccc(NC(=O)c3cccc(F)c3)c2)n1. The second-order valence-electron chi connectivity index (χ2n) is 6.05. The molecular weight excluding hydrogens is 375 g/mol. The Bertz CT molecular complexity index is 1140. The molecule has 2 aromatic carbocycles. The van der Waals surface area contributed by atoms with Gasteiger partial charge in [0.05, 0.1) is 18.6 Å². The lowest BCUT2D eigenvalue weighted by molar-refractivity contribution is 0.102.